The molecule has 8 heteroatoms. The molecule has 2 aromatic rings. The molecule has 2 aromatic carbocycles. The van der Waals surface area contributed by atoms with Gasteiger partial charge in [-0.2, -0.15) is 0 Å². The molecule has 0 atom stereocenters. The summed E-state index contributed by atoms with van der Waals surface area (Å²) in [6, 6.07) is 9.38. The van der Waals surface area contributed by atoms with E-state index in [1.54, 1.807) is 0 Å². The van der Waals surface area contributed by atoms with Gasteiger partial charge in [0.25, 0.3) is 11.4 Å². The molecule has 0 aliphatic carbocycles. The van der Waals surface area contributed by atoms with E-state index in [1.807, 2.05) is 0 Å². The van der Waals surface area contributed by atoms with Gasteiger partial charge in [0.05, 0.1) is 22.5 Å². The Morgan fingerprint density at radius 2 is 1.50 bits per heavy atom. The molecule has 22 heavy (non-hydrogen) atoms. The Hall–Kier alpha value is -3.29. The van der Waals surface area contributed by atoms with Crippen molar-refractivity contribution in [3.8, 4) is 11.1 Å². The Morgan fingerprint density at radius 1 is 0.955 bits per heavy atom. The first kappa shape index (κ1) is 15.1. The second kappa shape index (κ2) is 6.00. The topological polar surface area (TPSA) is 113 Å². The maximum atomic E-state index is 11.8. The Labute approximate surface area is 124 Å². The number of carbonyl (C=O) groups excluding carboxylic acids is 1. The average molecular weight is 302 g/mol. The van der Waals surface area contributed by atoms with Crippen LogP contribution >= 0.6 is 0 Å². The van der Waals surface area contributed by atoms with Gasteiger partial charge < -0.3 is 4.74 Å². The predicted molar refractivity (Wildman–Crippen MR) is 76.5 cm³/mol. The molecule has 0 aliphatic rings. The summed E-state index contributed by atoms with van der Waals surface area (Å²) in [4.78, 5) is 32.7. The highest BCUT2D eigenvalue weighted by Crippen LogP contribution is 2.39. The van der Waals surface area contributed by atoms with Gasteiger partial charge in [0, 0.05) is 17.7 Å². The lowest BCUT2D eigenvalue weighted by Gasteiger charge is -2.09. The Balaban J connectivity index is 2.85. The number of hydrogen-bond donors (Lipinski definition) is 0. The van der Waals surface area contributed by atoms with Crippen LogP contribution in [0, 0.1) is 20.2 Å². The van der Waals surface area contributed by atoms with Gasteiger partial charge in [-0.1, -0.05) is 18.2 Å². The van der Waals surface area contributed by atoms with Gasteiger partial charge in [0.1, 0.15) is 5.56 Å². The van der Waals surface area contributed by atoms with Crippen LogP contribution in [0.1, 0.15) is 10.4 Å². The molecule has 0 aromatic heterocycles. The Morgan fingerprint density at radius 3 is 2.00 bits per heavy atom. The predicted octanol–water partition coefficient (Wildman–Crippen LogP) is 2.96. The first-order valence-electron chi connectivity index (χ1n) is 6.07. The molecule has 0 spiro atoms. The molecule has 0 amide bonds. The third-order valence-corrected chi connectivity index (χ3v) is 3.02. The van der Waals surface area contributed by atoms with Crippen LogP contribution in [0.4, 0.5) is 11.4 Å². The van der Waals surface area contributed by atoms with Crippen molar-refractivity contribution >= 4 is 17.3 Å². The second-order valence-electron chi connectivity index (χ2n) is 4.22. The zero-order valence-electron chi connectivity index (χ0n) is 11.4. The second-order valence-corrected chi connectivity index (χ2v) is 4.22. The normalized spacial score (nSPS) is 10.0. The SMILES string of the molecule is COC(=O)c1ccccc1-c1c([N+](=O)[O-])cccc1[N+](=O)[O-]. The van der Waals surface area contributed by atoms with Crippen molar-refractivity contribution in [2.45, 2.75) is 0 Å². The van der Waals surface area contributed by atoms with Crippen LogP contribution in [0.3, 0.4) is 0 Å². The maximum Gasteiger partial charge on any atom is 0.338 e. The van der Waals surface area contributed by atoms with Crippen molar-refractivity contribution in [1.29, 1.82) is 0 Å². The zero-order chi connectivity index (χ0) is 16.3. The largest absolute Gasteiger partial charge is 0.465 e. The number of ether oxygens (including phenoxy) is 1. The zero-order valence-corrected chi connectivity index (χ0v) is 11.4. The van der Waals surface area contributed by atoms with Gasteiger partial charge in [-0.25, -0.2) is 4.79 Å². The first-order valence-corrected chi connectivity index (χ1v) is 6.07. The lowest BCUT2D eigenvalue weighted by Crippen LogP contribution is -2.05. The third kappa shape index (κ3) is 2.62. The molecule has 0 unspecified atom stereocenters. The molecular formula is C14H10N2O6. The summed E-state index contributed by atoms with van der Waals surface area (Å²) in [5, 5.41) is 22.4. The monoisotopic (exact) mass is 302 g/mol. The van der Waals surface area contributed by atoms with E-state index in [2.05, 4.69) is 4.74 Å². The van der Waals surface area contributed by atoms with E-state index in [0.717, 1.165) is 19.2 Å². The van der Waals surface area contributed by atoms with Crippen LogP contribution in [-0.2, 0) is 4.74 Å². The molecule has 8 nitrogen and oxygen atoms in total. The van der Waals surface area contributed by atoms with Crippen molar-refractivity contribution in [1.82, 2.24) is 0 Å². The molecule has 0 aliphatic heterocycles. The summed E-state index contributed by atoms with van der Waals surface area (Å²) in [6.07, 6.45) is 0. The fourth-order valence-electron chi connectivity index (χ4n) is 2.10. The number of benzene rings is 2. The average Bonchev–Trinajstić information content (AvgIpc) is 2.53. The highest BCUT2D eigenvalue weighted by atomic mass is 16.6. The van der Waals surface area contributed by atoms with Crippen LogP contribution in [0.15, 0.2) is 42.5 Å². The maximum absolute atomic E-state index is 11.8. The molecule has 0 saturated heterocycles. The van der Waals surface area contributed by atoms with E-state index >= 15 is 0 Å². The number of nitro groups is 2. The number of carbonyl (C=O) groups is 1. The summed E-state index contributed by atoms with van der Waals surface area (Å²) >= 11 is 0. The molecule has 0 saturated carbocycles. The Kier molecular flexibility index (Phi) is 4.12. The van der Waals surface area contributed by atoms with Crippen molar-refractivity contribution < 1.29 is 19.4 Å². The van der Waals surface area contributed by atoms with Crippen LogP contribution in [0.25, 0.3) is 11.1 Å². The fraction of sp³-hybridized carbons (Fsp3) is 0.0714. The highest BCUT2D eigenvalue weighted by molar-refractivity contribution is 6.00. The van der Waals surface area contributed by atoms with Crippen LogP contribution < -0.4 is 0 Å². The van der Waals surface area contributed by atoms with Crippen LogP contribution in [-0.4, -0.2) is 22.9 Å². The van der Waals surface area contributed by atoms with Crippen molar-refractivity contribution in [3.63, 3.8) is 0 Å². The van der Waals surface area contributed by atoms with Crippen molar-refractivity contribution in [2.75, 3.05) is 7.11 Å². The standard InChI is InChI=1S/C14H10N2O6/c1-22-14(17)10-6-3-2-5-9(10)13-11(15(18)19)7-4-8-12(13)16(20)21/h2-8H,1H3. The Bertz CT molecular complexity index is 739. The first-order chi connectivity index (χ1) is 10.5. The molecule has 0 fully saturated rings. The molecule has 0 radical (unpaired) electrons. The quantitative estimate of drug-likeness (QED) is 0.487. The highest BCUT2D eigenvalue weighted by Gasteiger charge is 2.29. The summed E-state index contributed by atoms with van der Waals surface area (Å²) in [5.74, 6) is -0.733. The van der Waals surface area contributed by atoms with Crippen LogP contribution in [0.2, 0.25) is 0 Å². The minimum absolute atomic E-state index is 0.0161. The molecule has 2 rings (SSSR count). The number of nitrogens with zero attached hydrogens (tertiary/aromatic N) is 2. The van der Waals surface area contributed by atoms with Gasteiger partial charge >= 0.3 is 5.97 Å². The molecular weight excluding hydrogens is 292 g/mol. The lowest BCUT2D eigenvalue weighted by atomic mass is 9.96. The van der Waals surface area contributed by atoms with Gasteiger partial charge in [0.15, 0.2) is 0 Å². The van der Waals surface area contributed by atoms with Crippen molar-refractivity contribution in [3.05, 3.63) is 68.3 Å². The summed E-state index contributed by atoms with van der Waals surface area (Å²) < 4.78 is 4.62. The van der Waals surface area contributed by atoms with Gasteiger partial charge in [-0.3, -0.25) is 20.2 Å². The van der Waals surface area contributed by atoms with E-state index in [0.29, 0.717) is 0 Å². The van der Waals surface area contributed by atoms with Gasteiger partial charge in [-0.15, -0.1) is 0 Å². The molecule has 112 valence electrons. The number of esters is 1. The molecule has 0 N–H and O–H groups in total. The van der Waals surface area contributed by atoms with E-state index in [4.69, 9.17) is 0 Å². The number of rotatable bonds is 4. The number of hydrogen-bond acceptors (Lipinski definition) is 6. The van der Waals surface area contributed by atoms with E-state index < -0.39 is 27.2 Å². The summed E-state index contributed by atoms with van der Waals surface area (Å²) in [7, 11) is 1.16. The van der Waals surface area contributed by atoms with E-state index in [1.165, 1.54) is 30.3 Å². The number of nitro benzene ring substituents is 2. The van der Waals surface area contributed by atoms with E-state index in [-0.39, 0.29) is 16.7 Å². The van der Waals surface area contributed by atoms with Crippen LogP contribution in [0.5, 0.6) is 0 Å². The minimum atomic E-state index is -0.733. The lowest BCUT2D eigenvalue weighted by molar-refractivity contribution is -0.392. The minimum Gasteiger partial charge on any atom is -0.465 e. The summed E-state index contributed by atoms with van der Waals surface area (Å²) in [5.41, 5.74) is -1.04. The van der Waals surface area contributed by atoms with E-state index in [9.17, 15) is 25.0 Å². The smallest absolute Gasteiger partial charge is 0.338 e. The van der Waals surface area contributed by atoms with Crippen molar-refractivity contribution in [2.24, 2.45) is 0 Å². The van der Waals surface area contributed by atoms with Gasteiger partial charge in [0.2, 0.25) is 0 Å². The fourth-order valence-corrected chi connectivity index (χ4v) is 2.10. The molecule has 0 heterocycles. The molecule has 0 bridgehead atoms. The third-order valence-electron chi connectivity index (χ3n) is 3.02. The van der Waals surface area contributed by atoms with Gasteiger partial charge in [-0.05, 0) is 12.1 Å². The summed E-state index contributed by atoms with van der Waals surface area (Å²) in [6.45, 7) is 0. The number of methoxy groups -OCH3 is 1.